The van der Waals surface area contributed by atoms with Gasteiger partial charge in [-0.3, -0.25) is 15.0 Å². The SMILES string of the molecule is CC(C)(C)OC(=O)CONC(=O)Oc1ccc([N+](=O)[O-])cc1. The summed E-state index contributed by atoms with van der Waals surface area (Å²) in [6.07, 6.45) is -0.975. The van der Waals surface area contributed by atoms with Crippen LogP contribution in [-0.4, -0.2) is 29.2 Å². The van der Waals surface area contributed by atoms with Crippen LogP contribution in [0.3, 0.4) is 0 Å². The molecule has 0 heterocycles. The second kappa shape index (κ2) is 7.36. The Morgan fingerprint density at radius 2 is 1.82 bits per heavy atom. The zero-order valence-electron chi connectivity index (χ0n) is 12.3. The van der Waals surface area contributed by atoms with Gasteiger partial charge in [-0.2, -0.15) is 5.48 Å². The van der Waals surface area contributed by atoms with Crippen LogP contribution in [0.5, 0.6) is 5.75 Å². The molecule has 120 valence electrons. The Morgan fingerprint density at radius 1 is 1.23 bits per heavy atom. The summed E-state index contributed by atoms with van der Waals surface area (Å²) in [6.45, 7) is 4.61. The Labute approximate surface area is 126 Å². The summed E-state index contributed by atoms with van der Waals surface area (Å²) in [6, 6.07) is 4.88. The molecule has 0 fully saturated rings. The summed E-state index contributed by atoms with van der Waals surface area (Å²) in [5, 5.41) is 10.5. The number of rotatable bonds is 5. The smallest absolute Gasteiger partial charge is 0.436 e. The summed E-state index contributed by atoms with van der Waals surface area (Å²) < 4.78 is 9.74. The number of carbonyl (C=O) groups is 2. The molecular formula is C13H16N2O7. The third-order valence-electron chi connectivity index (χ3n) is 2.02. The maximum atomic E-state index is 11.4. The van der Waals surface area contributed by atoms with Gasteiger partial charge in [-0.25, -0.2) is 9.59 Å². The summed E-state index contributed by atoms with van der Waals surface area (Å²) in [7, 11) is 0. The van der Waals surface area contributed by atoms with Gasteiger partial charge in [-0.05, 0) is 32.9 Å². The van der Waals surface area contributed by atoms with Crippen molar-refractivity contribution in [3.63, 3.8) is 0 Å². The maximum Gasteiger partial charge on any atom is 0.436 e. The zero-order chi connectivity index (χ0) is 16.8. The number of benzene rings is 1. The second-order valence-corrected chi connectivity index (χ2v) is 5.12. The number of carbonyl (C=O) groups excluding carboxylic acids is 2. The van der Waals surface area contributed by atoms with Gasteiger partial charge in [0.2, 0.25) is 0 Å². The lowest BCUT2D eigenvalue weighted by Crippen LogP contribution is -2.32. The van der Waals surface area contributed by atoms with Gasteiger partial charge in [0.05, 0.1) is 4.92 Å². The molecule has 0 saturated heterocycles. The average Bonchev–Trinajstić information content (AvgIpc) is 2.37. The topological polar surface area (TPSA) is 117 Å². The number of esters is 1. The van der Waals surface area contributed by atoms with Crippen molar-refractivity contribution in [1.29, 1.82) is 0 Å². The van der Waals surface area contributed by atoms with E-state index in [1.807, 2.05) is 5.48 Å². The van der Waals surface area contributed by atoms with Crippen LogP contribution in [0.4, 0.5) is 10.5 Å². The van der Waals surface area contributed by atoms with Gasteiger partial charge in [0.25, 0.3) is 5.69 Å². The van der Waals surface area contributed by atoms with Crippen LogP contribution >= 0.6 is 0 Å². The fourth-order valence-corrected chi connectivity index (χ4v) is 1.29. The fourth-order valence-electron chi connectivity index (χ4n) is 1.29. The van der Waals surface area contributed by atoms with Crippen molar-refractivity contribution < 1.29 is 28.8 Å². The molecule has 0 atom stereocenters. The number of nitrogens with zero attached hydrogens (tertiary/aromatic N) is 1. The van der Waals surface area contributed by atoms with E-state index in [1.165, 1.54) is 24.3 Å². The highest BCUT2D eigenvalue weighted by Crippen LogP contribution is 2.17. The lowest BCUT2D eigenvalue weighted by Gasteiger charge is -2.19. The van der Waals surface area contributed by atoms with E-state index in [9.17, 15) is 19.7 Å². The van der Waals surface area contributed by atoms with E-state index in [0.717, 1.165) is 0 Å². The predicted octanol–water partition coefficient (Wildman–Crippen LogP) is 1.96. The van der Waals surface area contributed by atoms with Gasteiger partial charge < -0.3 is 9.47 Å². The van der Waals surface area contributed by atoms with E-state index in [2.05, 4.69) is 4.84 Å². The summed E-state index contributed by atoms with van der Waals surface area (Å²) in [4.78, 5) is 37.2. The predicted molar refractivity (Wildman–Crippen MR) is 74.1 cm³/mol. The third-order valence-corrected chi connectivity index (χ3v) is 2.02. The van der Waals surface area contributed by atoms with Crippen LogP contribution in [0.1, 0.15) is 20.8 Å². The molecule has 0 aliphatic heterocycles. The molecular weight excluding hydrogens is 296 g/mol. The highest BCUT2D eigenvalue weighted by atomic mass is 16.7. The van der Waals surface area contributed by atoms with E-state index >= 15 is 0 Å². The molecule has 0 aliphatic rings. The molecule has 1 rings (SSSR count). The van der Waals surface area contributed by atoms with Gasteiger partial charge in [-0.15, -0.1) is 0 Å². The first kappa shape index (κ1) is 17.4. The summed E-state index contributed by atoms with van der Waals surface area (Å²) >= 11 is 0. The van der Waals surface area contributed by atoms with E-state index in [0.29, 0.717) is 0 Å². The molecule has 0 unspecified atom stereocenters. The lowest BCUT2D eigenvalue weighted by atomic mass is 10.2. The van der Waals surface area contributed by atoms with Crippen LogP contribution in [-0.2, 0) is 14.4 Å². The summed E-state index contributed by atoms with van der Waals surface area (Å²) in [5.41, 5.74) is 1.11. The van der Waals surface area contributed by atoms with E-state index in [4.69, 9.17) is 9.47 Å². The van der Waals surface area contributed by atoms with Crippen molar-refractivity contribution in [2.75, 3.05) is 6.61 Å². The Morgan fingerprint density at radius 3 is 2.32 bits per heavy atom. The monoisotopic (exact) mass is 312 g/mol. The molecule has 9 nitrogen and oxygen atoms in total. The molecule has 0 aliphatic carbocycles. The maximum absolute atomic E-state index is 11.4. The Kier molecular flexibility index (Phi) is 5.81. The highest BCUT2D eigenvalue weighted by molar-refractivity contribution is 5.72. The van der Waals surface area contributed by atoms with Gasteiger partial charge >= 0.3 is 12.1 Å². The molecule has 9 heteroatoms. The van der Waals surface area contributed by atoms with Crippen molar-refractivity contribution in [3.05, 3.63) is 34.4 Å². The first-order chi connectivity index (χ1) is 10.2. The van der Waals surface area contributed by atoms with Gasteiger partial charge in [0.1, 0.15) is 11.4 Å². The Balaban J connectivity index is 2.34. The molecule has 22 heavy (non-hydrogen) atoms. The average molecular weight is 312 g/mol. The minimum absolute atomic E-state index is 0.0870. The number of non-ortho nitro benzene ring substituents is 1. The molecule has 0 bridgehead atoms. The molecule has 0 aromatic heterocycles. The van der Waals surface area contributed by atoms with Gasteiger partial charge in [-0.1, -0.05) is 0 Å². The molecule has 0 radical (unpaired) electrons. The number of ether oxygens (including phenoxy) is 2. The first-order valence-corrected chi connectivity index (χ1v) is 6.23. The molecule has 1 N–H and O–H groups in total. The normalized spacial score (nSPS) is 10.7. The number of nitro groups is 1. The number of hydrogen-bond acceptors (Lipinski definition) is 7. The Bertz CT molecular complexity index is 549. The van der Waals surface area contributed by atoms with Crippen molar-refractivity contribution >= 4 is 17.7 Å². The van der Waals surface area contributed by atoms with E-state index in [1.54, 1.807) is 20.8 Å². The summed E-state index contributed by atoms with van der Waals surface area (Å²) in [5.74, 6) is -0.563. The fraction of sp³-hybridized carbons (Fsp3) is 0.385. The van der Waals surface area contributed by atoms with Crippen LogP contribution in [0.2, 0.25) is 0 Å². The zero-order valence-corrected chi connectivity index (χ0v) is 12.3. The second-order valence-electron chi connectivity index (χ2n) is 5.12. The standard InChI is InChI=1S/C13H16N2O7/c1-13(2,3)22-11(16)8-20-14-12(17)21-10-6-4-9(5-7-10)15(18)19/h4-7H,8H2,1-3H3,(H,14,17). The molecule has 0 spiro atoms. The third kappa shape index (κ3) is 6.66. The number of nitrogens with one attached hydrogen (secondary N) is 1. The molecule has 1 aromatic rings. The van der Waals surface area contributed by atoms with E-state index < -0.39 is 29.2 Å². The van der Waals surface area contributed by atoms with Crippen molar-refractivity contribution in [2.45, 2.75) is 26.4 Å². The Hall–Kier alpha value is -2.68. The van der Waals surface area contributed by atoms with Crippen molar-refractivity contribution in [3.8, 4) is 5.75 Å². The van der Waals surface area contributed by atoms with Crippen LogP contribution in [0, 0.1) is 10.1 Å². The molecule has 1 aromatic carbocycles. The number of nitro benzene ring substituents is 1. The highest BCUT2D eigenvalue weighted by Gasteiger charge is 2.17. The van der Waals surface area contributed by atoms with E-state index in [-0.39, 0.29) is 11.4 Å². The van der Waals surface area contributed by atoms with Gasteiger partial charge in [0.15, 0.2) is 6.61 Å². The minimum atomic E-state index is -0.975. The van der Waals surface area contributed by atoms with Crippen LogP contribution < -0.4 is 10.2 Å². The van der Waals surface area contributed by atoms with Crippen molar-refractivity contribution in [2.24, 2.45) is 0 Å². The van der Waals surface area contributed by atoms with Gasteiger partial charge in [0, 0.05) is 12.1 Å². The number of hydroxylamine groups is 1. The quantitative estimate of drug-likeness (QED) is 0.501. The lowest BCUT2D eigenvalue weighted by molar-refractivity contribution is -0.384. The first-order valence-electron chi connectivity index (χ1n) is 6.23. The minimum Gasteiger partial charge on any atom is -0.458 e. The number of amides is 1. The molecule has 1 amide bonds. The van der Waals surface area contributed by atoms with Crippen molar-refractivity contribution in [1.82, 2.24) is 5.48 Å². The van der Waals surface area contributed by atoms with Crippen LogP contribution in [0.25, 0.3) is 0 Å². The largest absolute Gasteiger partial charge is 0.458 e. The van der Waals surface area contributed by atoms with Crippen LogP contribution in [0.15, 0.2) is 24.3 Å². The number of hydrogen-bond donors (Lipinski definition) is 1. The molecule has 0 saturated carbocycles.